The molecule has 0 saturated carbocycles. The van der Waals surface area contributed by atoms with Gasteiger partial charge in [0.1, 0.15) is 17.5 Å². The van der Waals surface area contributed by atoms with Crippen molar-refractivity contribution in [1.82, 2.24) is 19.7 Å². The fourth-order valence-corrected chi connectivity index (χ4v) is 6.36. The molecule has 45 heavy (non-hydrogen) atoms. The molecule has 1 aromatic heterocycles. The number of pyridine rings is 1. The Labute approximate surface area is 261 Å². The van der Waals surface area contributed by atoms with Gasteiger partial charge in [-0.25, -0.2) is 0 Å². The van der Waals surface area contributed by atoms with Crippen LogP contribution in [0.15, 0.2) is 47.4 Å². The Morgan fingerprint density at radius 2 is 1.53 bits per heavy atom. The van der Waals surface area contributed by atoms with Gasteiger partial charge in [-0.3, -0.25) is 39.1 Å². The number of carbonyl (C=O) groups is 4. The molecule has 236 valence electrons. The normalized spacial score (nSPS) is 18.7. The van der Waals surface area contributed by atoms with Crippen LogP contribution < -0.4 is 25.2 Å². The van der Waals surface area contributed by atoms with Crippen LogP contribution in [0.5, 0.6) is 11.5 Å². The first-order valence-electron chi connectivity index (χ1n) is 14.8. The molecule has 2 saturated heterocycles. The van der Waals surface area contributed by atoms with Crippen LogP contribution in [0.25, 0.3) is 11.1 Å². The molecule has 1 unspecified atom stereocenters. The van der Waals surface area contributed by atoms with Gasteiger partial charge in [0.2, 0.25) is 11.8 Å². The van der Waals surface area contributed by atoms with Crippen LogP contribution in [0.1, 0.15) is 46.1 Å². The van der Waals surface area contributed by atoms with Crippen LogP contribution in [0.4, 0.5) is 5.69 Å². The average Bonchev–Trinajstić information content (AvgIpc) is 3.28. The summed E-state index contributed by atoms with van der Waals surface area (Å²) < 4.78 is 13.2. The third-order valence-electron chi connectivity index (χ3n) is 8.90. The van der Waals surface area contributed by atoms with Gasteiger partial charge in [-0.2, -0.15) is 0 Å². The van der Waals surface area contributed by atoms with Gasteiger partial charge in [0, 0.05) is 71.1 Å². The summed E-state index contributed by atoms with van der Waals surface area (Å²) in [4.78, 5) is 67.9. The molecular weight excluding hydrogens is 578 g/mol. The highest BCUT2D eigenvalue weighted by molar-refractivity contribution is 6.23. The van der Waals surface area contributed by atoms with Crippen molar-refractivity contribution in [3.63, 3.8) is 0 Å². The number of amides is 4. The van der Waals surface area contributed by atoms with Crippen LogP contribution in [0.3, 0.4) is 0 Å². The molecule has 2 aromatic carbocycles. The number of piperazine rings is 1. The van der Waals surface area contributed by atoms with Crippen molar-refractivity contribution in [2.75, 3.05) is 45.3 Å². The van der Waals surface area contributed by atoms with Gasteiger partial charge in [0.15, 0.2) is 0 Å². The first-order chi connectivity index (χ1) is 21.6. The summed E-state index contributed by atoms with van der Waals surface area (Å²) in [7, 11) is 4.99. The van der Waals surface area contributed by atoms with Gasteiger partial charge in [-0.1, -0.05) is 0 Å². The second-order valence-electron chi connectivity index (χ2n) is 11.6. The topological polar surface area (TPSA) is 130 Å². The van der Waals surface area contributed by atoms with Gasteiger partial charge in [0.05, 0.1) is 30.9 Å². The first kappa shape index (κ1) is 30.1. The molecule has 0 bridgehead atoms. The quantitative estimate of drug-likeness (QED) is 0.398. The lowest BCUT2D eigenvalue weighted by atomic mass is 9.99. The van der Waals surface area contributed by atoms with E-state index >= 15 is 0 Å². The smallest absolute Gasteiger partial charge is 0.262 e. The summed E-state index contributed by atoms with van der Waals surface area (Å²) in [6.45, 7) is 5.37. The Kier molecular flexibility index (Phi) is 7.92. The maximum Gasteiger partial charge on any atom is 0.262 e. The average molecular weight is 616 g/mol. The maximum absolute atomic E-state index is 13.3. The van der Waals surface area contributed by atoms with Crippen LogP contribution in [0.2, 0.25) is 0 Å². The molecule has 4 heterocycles. The number of imide groups is 2. The molecule has 0 radical (unpaired) electrons. The highest BCUT2D eigenvalue weighted by atomic mass is 16.5. The third kappa shape index (κ3) is 5.46. The highest BCUT2D eigenvalue weighted by Gasteiger charge is 2.44. The molecule has 12 nitrogen and oxygen atoms in total. The van der Waals surface area contributed by atoms with E-state index in [2.05, 4.69) is 15.1 Å². The minimum Gasteiger partial charge on any atom is -0.496 e. The molecule has 3 aromatic rings. The van der Waals surface area contributed by atoms with E-state index < -0.39 is 29.7 Å². The van der Waals surface area contributed by atoms with E-state index in [0.29, 0.717) is 31.1 Å². The number of hydrogen-bond donors (Lipinski definition) is 1. The third-order valence-corrected chi connectivity index (χ3v) is 8.90. The van der Waals surface area contributed by atoms with Crippen molar-refractivity contribution in [2.24, 2.45) is 7.05 Å². The second kappa shape index (κ2) is 11.8. The van der Waals surface area contributed by atoms with E-state index in [1.54, 1.807) is 44.0 Å². The summed E-state index contributed by atoms with van der Waals surface area (Å²) in [6.07, 6.45) is 2.02. The van der Waals surface area contributed by atoms with E-state index in [1.807, 2.05) is 31.3 Å². The lowest BCUT2D eigenvalue weighted by Crippen LogP contribution is -2.54. The molecule has 1 atom stereocenters. The Morgan fingerprint density at radius 3 is 2.18 bits per heavy atom. The zero-order valence-corrected chi connectivity index (χ0v) is 25.7. The van der Waals surface area contributed by atoms with Crippen LogP contribution >= 0.6 is 0 Å². The number of rotatable bonds is 7. The minimum atomic E-state index is -0.990. The molecule has 4 amide bonds. The lowest BCUT2D eigenvalue weighted by molar-refractivity contribution is -0.136. The zero-order chi connectivity index (χ0) is 32.0. The van der Waals surface area contributed by atoms with Crippen molar-refractivity contribution >= 4 is 29.3 Å². The molecule has 0 aliphatic carbocycles. The standard InChI is InChI=1S/C33H35N5O7.H2/c1-19-13-30(40)35(2)17-24(19)20-14-27(44-3)25(28(15-20)45-4)18-36-9-11-37(12-10-36)21-5-6-22-23(16-21)33(43)38(32(22)42)26-7-8-29(39)34-31(26)41;/h5-6,13-17,26H,7-12,18H2,1-4H3,(H,34,39,41);1H. The summed E-state index contributed by atoms with van der Waals surface area (Å²) in [6, 6.07) is 9.78. The number of nitrogens with one attached hydrogen (secondary N) is 1. The van der Waals surface area contributed by atoms with Gasteiger partial charge < -0.3 is 18.9 Å². The number of methoxy groups -OCH3 is 2. The number of piperidine rings is 1. The predicted molar refractivity (Wildman–Crippen MR) is 168 cm³/mol. The number of hydrogen-bond acceptors (Lipinski definition) is 9. The molecule has 12 heteroatoms. The number of aromatic nitrogens is 1. The number of benzene rings is 2. The van der Waals surface area contributed by atoms with Crippen molar-refractivity contribution in [2.45, 2.75) is 32.4 Å². The van der Waals surface area contributed by atoms with Gasteiger partial charge in [0.25, 0.3) is 17.4 Å². The van der Waals surface area contributed by atoms with E-state index in [0.717, 1.165) is 45.9 Å². The lowest BCUT2D eigenvalue weighted by Gasteiger charge is -2.36. The zero-order valence-electron chi connectivity index (χ0n) is 25.7. The Hall–Kier alpha value is -4.97. The van der Waals surface area contributed by atoms with Crippen molar-refractivity contribution in [3.8, 4) is 22.6 Å². The minimum absolute atomic E-state index is 0. The maximum atomic E-state index is 13.3. The first-order valence-corrected chi connectivity index (χ1v) is 14.8. The highest BCUT2D eigenvalue weighted by Crippen LogP contribution is 2.37. The molecule has 3 aliphatic heterocycles. The van der Waals surface area contributed by atoms with Gasteiger partial charge in [-0.15, -0.1) is 0 Å². The van der Waals surface area contributed by atoms with Crippen molar-refractivity contribution < 1.29 is 30.1 Å². The summed E-state index contributed by atoms with van der Waals surface area (Å²) >= 11 is 0. The van der Waals surface area contributed by atoms with E-state index in [9.17, 15) is 24.0 Å². The number of fused-ring (bicyclic) bond motifs is 1. The monoisotopic (exact) mass is 615 g/mol. The van der Waals surface area contributed by atoms with Gasteiger partial charge in [-0.05, 0) is 54.8 Å². The number of ether oxygens (including phenoxy) is 2. The van der Waals surface area contributed by atoms with E-state index in [-0.39, 0.29) is 31.0 Å². The SMILES string of the molecule is COc1cc(-c2cn(C)c(=O)cc2C)cc(OC)c1CN1CCN(c2ccc3c(c2)C(=O)N(C2CCC(=O)NC2=O)C3=O)CC1.[HH]. The van der Waals surface area contributed by atoms with E-state index in [1.165, 1.54) is 0 Å². The second-order valence-corrected chi connectivity index (χ2v) is 11.6. The molecule has 2 fully saturated rings. The van der Waals surface area contributed by atoms with Crippen LogP contribution in [-0.4, -0.2) is 84.4 Å². The summed E-state index contributed by atoms with van der Waals surface area (Å²) in [5.74, 6) is -0.659. The Morgan fingerprint density at radius 1 is 0.867 bits per heavy atom. The fraction of sp³-hybridized carbons (Fsp3) is 0.364. The van der Waals surface area contributed by atoms with Crippen molar-refractivity contribution in [3.05, 3.63) is 75.2 Å². The number of nitrogens with zero attached hydrogens (tertiary/aromatic N) is 4. The van der Waals surface area contributed by atoms with E-state index in [4.69, 9.17) is 9.47 Å². The molecule has 0 spiro atoms. The molecule has 6 rings (SSSR count). The molecule has 3 aliphatic rings. The van der Waals surface area contributed by atoms with Crippen LogP contribution in [-0.2, 0) is 23.2 Å². The summed E-state index contributed by atoms with van der Waals surface area (Å²) in [5, 5.41) is 2.23. The predicted octanol–water partition coefficient (Wildman–Crippen LogP) is 2.35. The largest absolute Gasteiger partial charge is 0.496 e. The van der Waals surface area contributed by atoms with Gasteiger partial charge >= 0.3 is 0 Å². The number of carbonyl (C=O) groups excluding carboxylic acids is 4. The number of aryl methyl sites for hydroxylation is 2. The Bertz CT molecular complexity index is 1770. The molecule has 1 N–H and O–H groups in total. The Balaban J connectivity index is 0.00000417. The number of anilines is 1. The van der Waals surface area contributed by atoms with Crippen LogP contribution in [0, 0.1) is 6.92 Å². The van der Waals surface area contributed by atoms with Crippen molar-refractivity contribution in [1.29, 1.82) is 0 Å². The summed E-state index contributed by atoms with van der Waals surface area (Å²) in [5.41, 5.74) is 4.90. The molecular formula is C33H37N5O7. The fourth-order valence-electron chi connectivity index (χ4n) is 6.36.